The van der Waals surface area contributed by atoms with Crippen molar-refractivity contribution in [3.8, 4) is 5.75 Å². The van der Waals surface area contributed by atoms with E-state index in [4.69, 9.17) is 4.74 Å². The topological polar surface area (TPSA) is 47.0 Å². The van der Waals surface area contributed by atoms with Gasteiger partial charge in [0.15, 0.2) is 15.9 Å². The Balaban J connectivity index is 1.93. The van der Waals surface area contributed by atoms with Crippen LogP contribution in [0.5, 0.6) is 5.75 Å². The highest BCUT2D eigenvalue weighted by atomic mass is 32.2. The molecule has 0 amide bonds. The molecule has 0 saturated heterocycles. The lowest BCUT2D eigenvalue weighted by molar-refractivity contribution is 0.386. The highest BCUT2D eigenvalue weighted by Crippen LogP contribution is 2.29. The molecule has 0 saturated carbocycles. The van der Waals surface area contributed by atoms with Crippen molar-refractivity contribution in [1.29, 1.82) is 0 Å². The number of thioether (sulfide) groups is 1. The van der Waals surface area contributed by atoms with Gasteiger partial charge in [-0.25, -0.2) is 4.39 Å². The highest BCUT2D eigenvalue weighted by Gasteiger charge is 2.07. The molecule has 2 rings (SSSR count). The van der Waals surface area contributed by atoms with E-state index in [9.17, 15) is 4.39 Å². The van der Waals surface area contributed by atoms with E-state index in [-0.39, 0.29) is 11.6 Å². The molecule has 1 heterocycles. The lowest BCUT2D eigenvalue weighted by Gasteiger charge is -2.03. The van der Waals surface area contributed by atoms with Crippen LogP contribution >= 0.6 is 23.1 Å². The summed E-state index contributed by atoms with van der Waals surface area (Å²) in [6.07, 6.45) is 1.76. The van der Waals surface area contributed by atoms with E-state index in [0.29, 0.717) is 12.3 Å². The highest BCUT2D eigenvalue weighted by molar-refractivity contribution is 8.00. The van der Waals surface area contributed by atoms with E-state index in [1.54, 1.807) is 12.1 Å². The lowest BCUT2D eigenvalue weighted by Crippen LogP contribution is -1.96. The fourth-order valence-corrected chi connectivity index (χ4v) is 3.15. The van der Waals surface area contributed by atoms with Crippen molar-refractivity contribution in [2.75, 3.05) is 19.0 Å². The number of hydrogen-bond donors (Lipinski definition) is 1. The molecule has 0 aliphatic carbocycles. The van der Waals surface area contributed by atoms with Crippen LogP contribution in [-0.2, 0) is 5.75 Å². The monoisotopic (exact) mass is 311 g/mol. The van der Waals surface area contributed by atoms with Crippen LogP contribution in [0.4, 0.5) is 9.52 Å². The first-order chi connectivity index (χ1) is 9.72. The first-order valence-electron chi connectivity index (χ1n) is 5.86. The van der Waals surface area contributed by atoms with Crippen LogP contribution in [0.1, 0.15) is 5.56 Å². The van der Waals surface area contributed by atoms with E-state index < -0.39 is 0 Å². The normalized spacial score (nSPS) is 10.3. The molecule has 106 valence electrons. The Morgan fingerprint density at radius 1 is 1.50 bits per heavy atom. The zero-order valence-electron chi connectivity index (χ0n) is 10.9. The molecular formula is C13H14FN3OS2. The van der Waals surface area contributed by atoms with Crippen LogP contribution in [0.25, 0.3) is 0 Å². The first-order valence-corrected chi connectivity index (χ1v) is 7.66. The predicted molar refractivity (Wildman–Crippen MR) is 81.1 cm³/mol. The molecule has 1 aromatic carbocycles. The van der Waals surface area contributed by atoms with Crippen LogP contribution in [0, 0.1) is 5.82 Å². The van der Waals surface area contributed by atoms with Crippen LogP contribution in [-0.4, -0.2) is 23.9 Å². The van der Waals surface area contributed by atoms with Gasteiger partial charge in [0.25, 0.3) is 0 Å². The SMILES string of the molecule is C=CCNc1nnc(SCc2ccc(OC)c(F)c2)s1. The number of halogens is 1. The molecule has 0 aliphatic rings. The number of anilines is 1. The standard InChI is InChI=1S/C13H14FN3OS2/c1-3-6-15-12-16-17-13(20-12)19-8-9-4-5-11(18-2)10(14)7-9/h3-5,7H,1,6,8H2,2H3,(H,15,16). The number of aromatic nitrogens is 2. The average molecular weight is 311 g/mol. The number of nitrogens with zero attached hydrogens (tertiary/aromatic N) is 2. The Bertz CT molecular complexity index is 589. The molecule has 1 aromatic heterocycles. The summed E-state index contributed by atoms with van der Waals surface area (Å²) in [6.45, 7) is 4.28. The number of rotatable bonds is 7. The second-order valence-corrected chi connectivity index (χ2v) is 6.00. The zero-order valence-corrected chi connectivity index (χ0v) is 12.6. The molecule has 0 fully saturated rings. The van der Waals surface area contributed by atoms with Gasteiger partial charge in [-0.3, -0.25) is 0 Å². The van der Waals surface area contributed by atoms with Gasteiger partial charge in [-0.1, -0.05) is 35.2 Å². The van der Waals surface area contributed by atoms with Gasteiger partial charge >= 0.3 is 0 Å². The molecule has 1 N–H and O–H groups in total. The number of hydrogen-bond acceptors (Lipinski definition) is 6. The Labute approximate surface area is 125 Å². The summed E-state index contributed by atoms with van der Waals surface area (Å²) in [5.41, 5.74) is 0.879. The number of benzene rings is 1. The maximum absolute atomic E-state index is 13.5. The van der Waals surface area contributed by atoms with Gasteiger partial charge in [-0.05, 0) is 17.7 Å². The summed E-state index contributed by atoms with van der Waals surface area (Å²) < 4.78 is 19.3. The fraction of sp³-hybridized carbons (Fsp3) is 0.231. The van der Waals surface area contributed by atoms with Crippen molar-refractivity contribution in [3.05, 3.63) is 42.2 Å². The molecule has 0 unspecified atom stereocenters. The summed E-state index contributed by atoms with van der Waals surface area (Å²) in [6, 6.07) is 4.94. The Morgan fingerprint density at radius 3 is 3.05 bits per heavy atom. The van der Waals surface area contributed by atoms with Crippen molar-refractivity contribution in [1.82, 2.24) is 10.2 Å². The van der Waals surface area contributed by atoms with Gasteiger partial charge in [0.05, 0.1) is 7.11 Å². The smallest absolute Gasteiger partial charge is 0.206 e. The van der Waals surface area contributed by atoms with Gasteiger partial charge in [-0.15, -0.1) is 16.8 Å². The second-order valence-electron chi connectivity index (χ2n) is 3.80. The van der Waals surface area contributed by atoms with Gasteiger partial charge in [0, 0.05) is 12.3 Å². The Morgan fingerprint density at radius 2 is 2.35 bits per heavy atom. The van der Waals surface area contributed by atoms with Gasteiger partial charge in [-0.2, -0.15) is 0 Å². The summed E-state index contributed by atoms with van der Waals surface area (Å²) in [7, 11) is 1.45. The minimum Gasteiger partial charge on any atom is -0.494 e. The van der Waals surface area contributed by atoms with Crippen molar-refractivity contribution in [2.45, 2.75) is 10.1 Å². The third-order valence-corrected chi connectivity index (χ3v) is 4.47. The maximum Gasteiger partial charge on any atom is 0.206 e. The second kappa shape index (κ2) is 7.25. The molecule has 0 atom stereocenters. The molecule has 0 spiro atoms. The van der Waals surface area contributed by atoms with Crippen molar-refractivity contribution in [3.63, 3.8) is 0 Å². The van der Waals surface area contributed by atoms with Crippen molar-refractivity contribution in [2.24, 2.45) is 0 Å². The van der Waals surface area contributed by atoms with Gasteiger partial charge < -0.3 is 10.1 Å². The molecule has 2 aromatic rings. The molecule has 0 radical (unpaired) electrons. The first kappa shape index (κ1) is 14.8. The Kier molecular flexibility index (Phi) is 5.37. The van der Waals surface area contributed by atoms with E-state index >= 15 is 0 Å². The third kappa shape index (κ3) is 3.94. The van der Waals surface area contributed by atoms with Crippen LogP contribution in [0.15, 0.2) is 35.2 Å². The fourth-order valence-electron chi connectivity index (χ4n) is 1.44. The quantitative estimate of drug-likeness (QED) is 0.625. The van der Waals surface area contributed by atoms with Crippen LogP contribution < -0.4 is 10.1 Å². The molecule has 20 heavy (non-hydrogen) atoms. The van der Waals surface area contributed by atoms with Crippen LogP contribution in [0.2, 0.25) is 0 Å². The number of methoxy groups -OCH3 is 1. The minimum absolute atomic E-state index is 0.255. The summed E-state index contributed by atoms with van der Waals surface area (Å²) in [5, 5.41) is 11.9. The predicted octanol–water partition coefficient (Wildman–Crippen LogP) is 3.58. The van der Waals surface area contributed by atoms with Crippen molar-refractivity contribution < 1.29 is 9.13 Å². The summed E-state index contributed by atoms with van der Waals surface area (Å²) >= 11 is 2.99. The average Bonchev–Trinajstić information content (AvgIpc) is 2.91. The number of ether oxygens (including phenoxy) is 1. The van der Waals surface area contributed by atoms with E-state index in [2.05, 4.69) is 22.1 Å². The van der Waals surface area contributed by atoms with Crippen molar-refractivity contribution >= 4 is 28.2 Å². The van der Waals surface area contributed by atoms with Gasteiger partial charge in [0.1, 0.15) is 0 Å². The zero-order chi connectivity index (χ0) is 14.4. The number of nitrogens with one attached hydrogen (secondary N) is 1. The molecule has 7 heteroatoms. The van der Waals surface area contributed by atoms with Gasteiger partial charge in [0.2, 0.25) is 5.13 Å². The molecule has 0 aliphatic heterocycles. The molecule has 0 bridgehead atoms. The minimum atomic E-state index is -0.351. The maximum atomic E-state index is 13.5. The summed E-state index contributed by atoms with van der Waals surface area (Å²) in [4.78, 5) is 0. The largest absolute Gasteiger partial charge is 0.494 e. The molecule has 4 nitrogen and oxygen atoms in total. The summed E-state index contributed by atoms with van der Waals surface area (Å²) in [5.74, 6) is 0.540. The lowest BCUT2D eigenvalue weighted by atomic mass is 10.2. The third-order valence-electron chi connectivity index (χ3n) is 2.38. The Hall–Kier alpha value is -1.60. The van der Waals surface area contributed by atoms with E-state index in [0.717, 1.165) is 15.0 Å². The molecular weight excluding hydrogens is 297 g/mol. The van der Waals surface area contributed by atoms with E-state index in [1.807, 2.05) is 6.07 Å². The van der Waals surface area contributed by atoms with E-state index in [1.165, 1.54) is 36.3 Å². The van der Waals surface area contributed by atoms with Crippen LogP contribution in [0.3, 0.4) is 0 Å².